The summed E-state index contributed by atoms with van der Waals surface area (Å²) in [5.74, 6) is 0.620. The molecule has 170 valence electrons. The van der Waals surface area contributed by atoms with Gasteiger partial charge in [-0.2, -0.15) is 0 Å². The molecule has 0 unspecified atom stereocenters. The molecule has 1 aromatic carbocycles. The molecule has 2 fully saturated rings. The van der Waals surface area contributed by atoms with E-state index in [0.717, 1.165) is 27.8 Å². The van der Waals surface area contributed by atoms with E-state index in [2.05, 4.69) is 42.0 Å². The predicted octanol–water partition coefficient (Wildman–Crippen LogP) is 3.94. The van der Waals surface area contributed by atoms with Crippen molar-refractivity contribution in [1.82, 2.24) is 15.1 Å². The molecule has 0 atom stereocenters. The van der Waals surface area contributed by atoms with Crippen LogP contribution in [0.3, 0.4) is 0 Å². The van der Waals surface area contributed by atoms with Crippen molar-refractivity contribution in [3.05, 3.63) is 28.2 Å². The van der Waals surface area contributed by atoms with E-state index in [1.165, 1.54) is 4.90 Å². The number of nitrogens with zero attached hydrogens (tertiary/aromatic N) is 2. The van der Waals surface area contributed by atoms with Crippen molar-refractivity contribution in [1.29, 1.82) is 0 Å². The molecule has 31 heavy (non-hydrogen) atoms. The Morgan fingerprint density at radius 2 is 1.94 bits per heavy atom. The molecular formula is C23H32BrN3O4. The monoisotopic (exact) mass is 493 g/mol. The average Bonchev–Trinajstić information content (AvgIpc) is 2.91. The summed E-state index contributed by atoms with van der Waals surface area (Å²) in [6.45, 7) is 6.69. The van der Waals surface area contributed by atoms with Crippen LogP contribution in [0.1, 0.15) is 52.0 Å². The number of halogens is 1. The zero-order valence-corrected chi connectivity index (χ0v) is 20.5. The molecule has 1 N–H and O–H groups in total. The lowest BCUT2D eigenvalue weighted by molar-refractivity contribution is -0.139. The van der Waals surface area contributed by atoms with Gasteiger partial charge in [0.15, 0.2) is 0 Å². The van der Waals surface area contributed by atoms with Gasteiger partial charge < -0.3 is 15.0 Å². The Kier molecular flexibility index (Phi) is 6.69. The van der Waals surface area contributed by atoms with Gasteiger partial charge in [-0.05, 0) is 55.2 Å². The molecule has 0 radical (unpaired) electrons. The third-order valence-electron chi connectivity index (χ3n) is 6.68. The number of amides is 4. The molecule has 8 heteroatoms. The fourth-order valence-electron chi connectivity index (χ4n) is 4.61. The van der Waals surface area contributed by atoms with Crippen molar-refractivity contribution in [3.63, 3.8) is 0 Å². The molecule has 0 aromatic heterocycles. The van der Waals surface area contributed by atoms with Gasteiger partial charge in [0.2, 0.25) is 5.91 Å². The van der Waals surface area contributed by atoms with E-state index in [-0.39, 0.29) is 23.8 Å². The highest BCUT2D eigenvalue weighted by Crippen LogP contribution is 2.43. The Labute approximate surface area is 192 Å². The van der Waals surface area contributed by atoms with Crippen LogP contribution in [0.2, 0.25) is 0 Å². The average molecular weight is 494 g/mol. The number of ether oxygens (including phenoxy) is 1. The van der Waals surface area contributed by atoms with Crippen LogP contribution in [0.25, 0.3) is 0 Å². The summed E-state index contributed by atoms with van der Waals surface area (Å²) in [5, 5.41) is 2.90. The maximum atomic E-state index is 13.2. The summed E-state index contributed by atoms with van der Waals surface area (Å²) < 4.78 is 6.25. The second kappa shape index (κ2) is 8.81. The minimum absolute atomic E-state index is 0.180. The van der Waals surface area contributed by atoms with Gasteiger partial charge in [-0.1, -0.05) is 36.7 Å². The first-order valence-corrected chi connectivity index (χ1v) is 11.5. The maximum Gasteiger partial charge on any atom is 0.325 e. The Morgan fingerprint density at radius 3 is 2.52 bits per heavy atom. The molecule has 1 aromatic rings. The SMILES string of the molecule is COc1ccc(Br)cc1CN(C)C(=O)CN1C(=O)NC2(CCC(C(C)(C)C)CC2)C1=O. The Hall–Kier alpha value is -2.09. The van der Waals surface area contributed by atoms with Gasteiger partial charge in [-0.15, -0.1) is 0 Å². The van der Waals surface area contributed by atoms with Crippen LogP contribution in [0.4, 0.5) is 4.79 Å². The van der Waals surface area contributed by atoms with Crippen molar-refractivity contribution in [2.24, 2.45) is 11.3 Å². The number of carbonyl (C=O) groups is 3. The standard InChI is InChI=1S/C23H32BrN3O4/c1-22(2,3)16-8-10-23(11-9-16)20(29)27(21(30)25-23)14-19(28)26(4)13-15-12-17(24)6-7-18(15)31-5/h6-7,12,16H,8-11,13-14H2,1-5H3,(H,25,30). The molecule has 4 amide bonds. The second-order valence-electron chi connectivity index (χ2n) is 9.75. The molecule has 1 aliphatic heterocycles. The first-order valence-electron chi connectivity index (χ1n) is 10.7. The van der Waals surface area contributed by atoms with E-state index in [0.29, 0.717) is 31.1 Å². The highest BCUT2D eigenvalue weighted by molar-refractivity contribution is 9.10. The molecule has 1 saturated carbocycles. The van der Waals surface area contributed by atoms with E-state index >= 15 is 0 Å². The van der Waals surface area contributed by atoms with Gasteiger partial charge in [0, 0.05) is 23.6 Å². The predicted molar refractivity (Wildman–Crippen MR) is 122 cm³/mol. The molecule has 2 aliphatic rings. The Bertz CT molecular complexity index is 872. The topological polar surface area (TPSA) is 79.0 Å². The lowest BCUT2D eigenvalue weighted by Gasteiger charge is -2.40. The first-order chi connectivity index (χ1) is 14.5. The van der Waals surface area contributed by atoms with Crippen LogP contribution >= 0.6 is 15.9 Å². The third-order valence-corrected chi connectivity index (χ3v) is 7.17. The molecule has 3 rings (SSSR count). The van der Waals surface area contributed by atoms with Crippen LogP contribution in [-0.4, -0.2) is 53.9 Å². The zero-order valence-electron chi connectivity index (χ0n) is 19.0. The van der Waals surface area contributed by atoms with E-state index in [1.807, 2.05) is 18.2 Å². The Balaban J connectivity index is 1.65. The number of urea groups is 1. The molecule has 1 saturated heterocycles. The number of imide groups is 1. The quantitative estimate of drug-likeness (QED) is 0.629. The van der Waals surface area contributed by atoms with Gasteiger partial charge in [0.1, 0.15) is 17.8 Å². The maximum absolute atomic E-state index is 13.2. The van der Waals surface area contributed by atoms with E-state index in [9.17, 15) is 14.4 Å². The van der Waals surface area contributed by atoms with Crippen molar-refractivity contribution < 1.29 is 19.1 Å². The summed E-state index contributed by atoms with van der Waals surface area (Å²) >= 11 is 3.43. The molecular weight excluding hydrogens is 462 g/mol. The minimum Gasteiger partial charge on any atom is -0.496 e. The number of likely N-dealkylation sites (N-methyl/N-ethyl adjacent to an activating group) is 1. The normalized spacial score (nSPS) is 23.8. The van der Waals surface area contributed by atoms with E-state index < -0.39 is 11.6 Å². The Morgan fingerprint density at radius 1 is 1.29 bits per heavy atom. The van der Waals surface area contributed by atoms with Crippen molar-refractivity contribution in [3.8, 4) is 5.75 Å². The highest BCUT2D eigenvalue weighted by atomic mass is 79.9. The van der Waals surface area contributed by atoms with Gasteiger partial charge in [0.25, 0.3) is 5.91 Å². The number of carbonyl (C=O) groups excluding carboxylic acids is 3. The summed E-state index contributed by atoms with van der Waals surface area (Å²) in [6, 6.07) is 5.11. The van der Waals surface area contributed by atoms with Gasteiger partial charge in [-0.3, -0.25) is 14.5 Å². The molecule has 1 spiro atoms. The van der Waals surface area contributed by atoms with E-state index in [4.69, 9.17) is 4.74 Å². The van der Waals surface area contributed by atoms with Crippen LogP contribution in [0.15, 0.2) is 22.7 Å². The lowest BCUT2D eigenvalue weighted by Crippen LogP contribution is -2.51. The number of nitrogens with one attached hydrogen (secondary N) is 1. The summed E-state index contributed by atoms with van der Waals surface area (Å²) in [6.07, 6.45) is 3.02. The number of methoxy groups -OCH3 is 1. The number of hydrogen-bond donors (Lipinski definition) is 1. The summed E-state index contributed by atoms with van der Waals surface area (Å²) in [7, 11) is 3.24. The number of rotatable bonds is 5. The second-order valence-corrected chi connectivity index (χ2v) is 10.7. The zero-order chi connectivity index (χ0) is 23.0. The fourth-order valence-corrected chi connectivity index (χ4v) is 5.01. The molecule has 1 heterocycles. The molecule has 0 bridgehead atoms. The molecule has 1 aliphatic carbocycles. The lowest BCUT2D eigenvalue weighted by atomic mass is 9.67. The fraction of sp³-hybridized carbons (Fsp3) is 0.609. The smallest absolute Gasteiger partial charge is 0.325 e. The number of benzene rings is 1. The van der Waals surface area contributed by atoms with Crippen molar-refractivity contribution >= 4 is 33.8 Å². The van der Waals surface area contributed by atoms with Gasteiger partial charge >= 0.3 is 6.03 Å². The van der Waals surface area contributed by atoms with Gasteiger partial charge in [-0.25, -0.2) is 4.79 Å². The molecule has 7 nitrogen and oxygen atoms in total. The third kappa shape index (κ3) is 4.89. The summed E-state index contributed by atoms with van der Waals surface area (Å²) in [4.78, 5) is 41.2. The summed E-state index contributed by atoms with van der Waals surface area (Å²) in [5.41, 5.74) is 0.159. The van der Waals surface area contributed by atoms with Crippen LogP contribution < -0.4 is 10.1 Å². The van der Waals surface area contributed by atoms with E-state index in [1.54, 1.807) is 14.2 Å². The largest absolute Gasteiger partial charge is 0.496 e. The number of hydrogen-bond acceptors (Lipinski definition) is 4. The van der Waals surface area contributed by atoms with Gasteiger partial charge in [0.05, 0.1) is 7.11 Å². The van der Waals surface area contributed by atoms with Crippen LogP contribution in [0.5, 0.6) is 5.75 Å². The van der Waals surface area contributed by atoms with Crippen molar-refractivity contribution in [2.75, 3.05) is 20.7 Å². The van der Waals surface area contributed by atoms with Crippen LogP contribution in [0, 0.1) is 11.3 Å². The van der Waals surface area contributed by atoms with Crippen LogP contribution in [-0.2, 0) is 16.1 Å². The first kappa shape index (κ1) is 23.6. The highest BCUT2D eigenvalue weighted by Gasteiger charge is 2.53. The van der Waals surface area contributed by atoms with Crippen molar-refractivity contribution in [2.45, 2.75) is 58.5 Å². The minimum atomic E-state index is -0.856.